The summed E-state index contributed by atoms with van der Waals surface area (Å²) in [7, 11) is 0. The van der Waals surface area contributed by atoms with Gasteiger partial charge in [0.1, 0.15) is 5.82 Å². The minimum absolute atomic E-state index is 0.0145. The van der Waals surface area contributed by atoms with Gasteiger partial charge in [0.25, 0.3) is 5.56 Å². The third-order valence-corrected chi connectivity index (χ3v) is 5.12. The largest absolute Gasteiger partial charge is 0.368 e. The van der Waals surface area contributed by atoms with Gasteiger partial charge in [-0.15, -0.1) is 0 Å². The molecular weight excluding hydrogens is 359 g/mol. The highest BCUT2D eigenvalue weighted by atomic mass is 19.1. The van der Waals surface area contributed by atoms with E-state index in [0.29, 0.717) is 31.6 Å². The lowest BCUT2D eigenvalue weighted by atomic mass is 10.2. The molecule has 0 atom stereocenters. The highest BCUT2D eigenvalue weighted by Crippen LogP contribution is 2.17. The van der Waals surface area contributed by atoms with Gasteiger partial charge in [0.2, 0.25) is 5.91 Å². The van der Waals surface area contributed by atoms with E-state index in [2.05, 4.69) is 10.00 Å². The second kappa shape index (κ2) is 7.80. The summed E-state index contributed by atoms with van der Waals surface area (Å²) in [5.41, 5.74) is 0.785. The number of anilines is 1. The molecule has 7 heteroatoms. The quantitative estimate of drug-likeness (QED) is 0.697. The number of halogens is 1. The number of aromatic nitrogens is 2. The number of amides is 1. The average Bonchev–Trinajstić information content (AvgIpc) is 2.74. The van der Waals surface area contributed by atoms with E-state index < -0.39 is 0 Å². The Morgan fingerprint density at radius 3 is 2.46 bits per heavy atom. The van der Waals surface area contributed by atoms with Gasteiger partial charge in [-0.1, -0.05) is 18.2 Å². The van der Waals surface area contributed by atoms with E-state index in [4.69, 9.17) is 0 Å². The standard InChI is InChI=1S/C21H21FN4O2/c22-17-5-7-18(8-6-17)24-11-13-25(14-12-24)20(27)9-10-26-21(28)19-4-2-1-3-16(19)15-23-26/h1-8,15H,9-14H2. The molecule has 0 spiro atoms. The van der Waals surface area contributed by atoms with Crippen molar-refractivity contribution in [2.45, 2.75) is 13.0 Å². The molecule has 0 bridgehead atoms. The third-order valence-electron chi connectivity index (χ3n) is 5.12. The monoisotopic (exact) mass is 380 g/mol. The maximum atomic E-state index is 13.1. The molecule has 1 fully saturated rings. The van der Waals surface area contributed by atoms with E-state index in [1.807, 2.05) is 23.1 Å². The van der Waals surface area contributed by atoms with Crippen LogP contribution < -0.4 is 10.5 Å². The molecule has 1 saturated heterocycles. The van der Waals surface area contributed by atoms with Crippen molar-refractivity contribution < 1.29 is 9.18 Å². The molecule has 1 amide bonds. The van der Waals surface area contributed by atoms with Crippen LogP contribution in [0.15, 0.2) is 59.5 Å². The Labute approximate surface area is 161 Å². The first-order chi connectivity index (χ1) is 13.6. The average molecular weight is 380 g/mol. The second-order valence-corrected chi connectivity index (χ2v) is 6.85. The molecule has 1 aliphatic heterocycles. The predicted molar refractivity (Wildman–Crippen MR) is 106 cm³/mol. The zero-order valence-corrected chi connectivity index (χ0v) is 15.4. The molecular formula is C21H21FN4O2. The van der Waals surface area contributed by atoms with Crippen LogP contribution in [0.3, 0.4) is 0 Å². The summed E-state index contributed by atoms with van der Waals surface area (Å²) in [4.78, 5) is 29.0. The number of hydrogen-bond acceptors (Lipinski definition) is 4. The number of aryl methyl sites for hydroxylation is 1. The Bertz CT molecular complexity index is 1040. The fraction of sp³-hybridized carbons (Fsp3) is 0.286. The van der Waals surface area contributed by atoms with Crippen LogP contribution in [0, 0.1) is 5.82 Å². The number of piperazine rings is 1. The molecule has 2 aromatic carbocycles. The SMILES string of the molecule is O=C(CCn1ncc2ccccc2c1=O)N1CCN(c2ccc(F)cc2)CC1. The maximum Gasteiger partial charge on any atom is 0.274 e. The summed E-state index contributed by atoms with van der Waals surface area (Å²) in [6, 6.07) is 13.7. The first-order valence-corrected chi connectivity index (χ1v) is 9.35. The molecule has 4 rings (SSSR count). The fourth-order valence-corrected chi connectivity index (χ4v) is 3.51. The van der Waals surface area contributed by atoms with Crippen LogP contribution >= 0.6 is 0 Å². The highest BCUT2D eigenvalue weighted by molar-refractivity contribution is 5.80. The van der Waals surface area contributed by atoms with Crippen LogP contribution in [-0.4, -0.2) is 46.8 Å². The van der Waals surface area contributed by atoms with E-state index in [0.717, 1.165) is 11.1 Å². The van der Waals surface area contributed by atoms with E-state index in [1.54, 1.807) is 24.4 Å². The van der Waals surface area contributed by atoms with Gasteiger partial charge < -0.3 is 9.80 Å². The van der Waals surface area contributed by atoms with Crippen molar-refractivity contribution in [1.29, 1.82) is 0 Å². The minimum atomic E-state index is -0.255. The van der Waals surface area contributed by atoms with Gasteiger partial charge in [0.15, 0.2) is 0 Å². The molecule has 28 heavy (non-hydrogen) atoms. The van der Waals surface area contributed by atoms with Crippen molar-refractivity contribution in [2.75, 3.05) is 31.1 Å². The molecule has 1 aliphatic rings. The zero-order valence-electron chi connectivity index (χ0n) is 15.4. The molecule has 0 unspecified atom stereocenters. The van der Waals surface area contributed by atoms with Crippen LogP contribution in [-0.2, 0) is 11.3 Å². The molecule has 144 valence electrons. The van der Waals surface area contributed by atoms with Gasteiger partial charge in [-0.2, -0.15) is 5.10 Å². The number of benzene rings is 2. The molecule has 0 N–H and O–H groups in total. The summed E-state index contributed by atoms with van der Waals surface area (Å²) >= 11 is 0. The molecule has 0 radical (unpaired) electrons. The summed E-state index contributed by atoms with van der Waals surface area (Å²) in [6.45, 7) is 2.88. The summed E-state index contributed by atoms with van der Waals surface area (Å²) in [5, 5.41) is 5.58. The molecule has 1 aromatic heterocycles. The Morgan fingerprint density at radius 2 is 1.71 bits per heavy atom. The van der Waals surface area contributed by atoms with Crippen LogP contribution in [0.5, 0.6) is 0 Å². The van der Waals surface area contributed by atoms with Crippen molar-refractivity contribution in [3.8, 4) is 0 Å². The van der Waals surface area contributed by atoms with Crippen LogP contribution in [0.2, 0.25) is 0 Å². The number of hydrogen-bond donors (Lipinski definition) is 0. The van der Waals surface area contributed by atoms with E-state index in [-0.39, 0.29) is 30.2 Å². The van der Waals surface area contributed by atoms with Gasteiger partial charge in [-0.25, -0.2) is 9.07 Å². The molecule has 2 heterocycles. The molecule has 3 aromatic rings. The lowest BCUT2D eigenvalue weighted by Gasteiger charge is -2.36. The summed E-state index contributed by atoms with van der Waals surface area (Å²) < 4.78 is 14.4. The Morgan fingerprint density at radius 1 is 1.00 bits per heavy atom. The first kappa shape index (κ1) is 18.2. The minimum Gasteiger partial charge on any atom is -0.368 e. The van der Waals surface area contributed by atoms with E-state index >= 15 is 0 Å². The molecule has 0 saturated carbocycles. The van der Waals surface area contributed by atoms with Crippen molar-refractivity contribution in [1.82, 2.24) is 14.7 Å². The van der Waals surface area contributed by atoms with Crippen LogP contribution in [0.25, 0.3) is 10.8 Å². The second-order valence-electron chi connectivity index (χ2n) is 6.85. The summed E-state index contributed by atoms with van der Waals surface area (Å²) in [6.07, 6.45) is 1.89. The molecule has 6 nitrogen and oxygen atoms in total. The van der Waals surface area contributed by atoms with Crippen molar-refractivity contribution in [2.24, 2.45) is 0 Å². The molecule has 0 aliphatic carbocycles. The summed E-state index contributed by atoms with van der Waals surface area (Å²) in [5.74, 6) is -0.240. The van der Waals surface area contributed by atoms with Crippen molar-refractivity contribution >= 4 is 22.4 Å². The van der Waals surface area contributed by atoms with Crippen molar-refractivity contribution in [3.63, 3.8) is 0 Å². The van der Waals surface area contributed by atoms with Crippen LogP contribution in [0.1, 0.15) is 6.42 Å². The topological polar surface area (TPSA) is 58.4 Å². The fourth-order valence-electron chi connectivity index (χ4n) is 3.51. The Hall–Kier alpha value is -3.22. The smallest absolute Gasteiger partial charge is 0.274 e. The number of carbonyl (C=O) groups is 1. The number of rotatable bonds is 4. The van der Waals surface area contributed by atoms with Crippen molar-refractivity contribution in [3.05, 3.63) is 70.9 Å². The zero-order chi connectivity index (χ0) is 19.5. The lowest BCUT2D eigenvalue weighted by Crippen LogP contribution is -2.49. The van der Waals surface area contributed by atoms with Crippen LogP contribution in [0.4, 0.5) is 10.1 Å². The number of carbonyl (C=O) groups excluding carboxylic acids is 1. The third kappa shape index (κ3) is 3.74. The predicted octanol–water partition coefficient (Wildman–Crippen LogP) is 2.27. The van der Waals surface area contributed by atoms with Gasteiger partial charge in [-0.05, 0) is 30.3 Å². The first-order valence-electron chi connectivity index (χ1n) is 9.35. The normalized spacial score (nSPS) is 14.5. The maximum absolute atomic E-state index is 13.1. The Balaban J connectivity index is 1.34. The van der Waals surface area contributed by atoms with Gasteiger partial charge in [0, 0.05) is 43.7 Å². The lowest BCUT2D eigenvalue weighted by molar-refractivity contribution is -0.131. The van der Waals surface area contributed by atoms with E-state index in [1.165, 1.54) is 16.8 Å². The van der Waals surface area contributed by atoms with Gasteiger partial charge in [-0.3, -0.25) is 9.59 Å². The number of fused-ring (bicyclic) bond motifs is 1. The number of nitrogens with zero attached hydrogens (tertiary/aromatic N) is 4. The Kier molecular flexibility index (Phi) is 5.06. The van der Waals surface area contributed by atoms with Gasteiger partial charge >= 0.3 is 0 Å². The van der Waals surface area contributed by atoms with Gasteiger partial charge in [0.05, 0.1) is 18.1 Å². The van der Waals surface area contributed by atoms with E-state index in [9.17, 15) is 14.0 Å². The highest BCUT2D eigenvalue weighted by Gasteiger charge is 2.21.